The molecule has 0 radical (unpaired) electrons. The molecule has 0 aliphatic rings. The number of hydrogen-bond donors (Lipinski definition) is 4. The molecule has 4 N–H and O–H groups in total. The molecule has 0 spiro atoms. The molecule has 4 rings (SSSR count). The van der Waals surface area contributed by atoms with E-state index in [0.29, 0.717) is 51.4 Å². The predicted octanol–water partition coefficient (Wildman–Crippen LogP) is 5.24. The number of aromatic amines is 1. The highest BCUT2D eigenvalue weighted by molar-refractivity contribution is 6.33. The van der Waals surface area contributed by atoms with Gasteiger partial charge in [-0.2, -0.15) is 5.10 Å². The number of benzene rings is 1. The van der Waals surface area contributed by atoms with Crippen LogP contribution in [0.4, 0.5) is 21.6 Å². The summed E-state index contributed by atoms with van der Waals surface area (Å²) in [5.74, 6) is 0.0440. The third kappa shape index (κ3) is 4.60. The first-order valence-electron chi connectivity index (χ1n) is 10.4. The Kier molecular flexibility index (Phi) is 6.02. The second kappa shape index (κ2) is 8.72. The van der Waals surface area contributed by atoms with E-state index in [1.54, 1.807) is 6.07 Å². The standard InChI is InChI=1S/C22H27ClFN7/c1-5-12(2)26-13(3)9-25-15-7-18(24)20-19(8-15)29-30-21(20)28-16-6-17(23)22-27-14(4)10-31(22)11-16/h6-8,10-13,25-26H,5,9H2,1-4H3,(H2,28,29,30)/t12-,13-/m1/s1. The molecule has 0 fully saturated rings. The van der Waals surface area contributed by atoms with Gasteiger partial charge in [-0.05, 0) is 45.4 Å². The summed E-state index contributed by atoms with van der Waals surface area (Å²) in [6.45, 7) is 9.00. The molecule has 0 saturated carbocycles. The molecule has 0 amide bonds. The lowest BCUT2D eigenvalue weighted by atomic mass is 10.2. The quantitative estimate of drug-likeness (QED) is 0.299. The summed E-state index contributed by atoms with van der Waals surface area (Å²) in [6.07, 6.45) is 4.79. The summed E-state index contributed by atoms with van der Waals surface area (Å²) >= 11 is 6.35. The first-order chi connectivity index (χ1) is 14.8. The lowest BCUT2D eigenvalue weighted by molar-refractivity contribution is 0.469. The summed E-state index contributed by atoms with van der Waals surface area (Å²) in [7, 11) is 0. The van der Waals surface area contributed by atoms with Crippen LogP contribution in [0.2, 0.25) is 5.02 Å². The predicted molar refractivity (Wildman–Crippen MR) is 125 cm³/mol. The van der Waals surface area contributed by atoms with E-state index >= 15 is 0 Å². The number of pyridine rings is 1. The van der Waals surface area contributed by atoms with Gasteiger partial charge >= 0.3 is 0 Å². The van der Waals surface area contributed by atoms with E-state index in [1.165, 1.54) is 6.07 Å². The SMILES string of the molecule is CC[C@@H](C)N[C@H](C)CNc1cc(F)c2c(Nc3cc(Cl)c4nc(C)cn4c3)n[nH]c2c1. The smallest absolute Gasteiger partial charge is 0.163 e. The molecule has 0 aliphatic carbocycles. The molecule has 3 heterocycles. The van der Waals surface area contributed by atoms with Gasteiger partial charge in [-0.25, -0.2) is 9.37 Å². The Hall–Kier alpha value is -2.84. The van der Waals surface area contributed by atoms with Crippen LogP contribution >= 0.6 is 11.6 Å². The minimum atomic E-state index is -0.357. The van der Waals surface area contributed by atoms with Crippen LogP contribution in [0.3, 0.4) is 0 Å². The van der Waals surface area contributed by atoms with E-state index in [1.807, 2.05) is 29.8 Å². The van der Waals surface area contributed by atoms with Crippen molar-refractivity contribution in [1.82, 2.24) is 24.9 Å². The number of nitrogens with one attached hydrogen (secondary N) is 4. The van der Waals surface area contributed by atoms with Crippen molar-refractivity contribution in [3.63, 3.8) is 0 Å². The largest absolute Gasteiger partial charge is 0.383 e. The molecule has 0 bridgehead atoms. The normalized spacial score (nSPS) is 13.6. The zero-order valence-corrected chi connectivity index (χ0v) is 18.8. The van der Waals surface area contributed by atoms with Gasteiger partial charge in [0.1, 0.15) is 5.82 Å². The fraction of sp³-hybridized carbons (Fsp3) is 0.364. The molecule has 1 aromatic carbocycles. The van der Waals surface area contributed by atoms with Crippen molar-refractivity contribution >= 4 is 45.3 Å². The van der Waals surface area contributed by atoms with Gasteiger partial charge in [-0.3, -0.25) is 5.10 Å². The average molecular weight is 444 g/mol. The second-order valence-corrected chi connectivity index (χ2v) is 8.43. The van der Waals surface area contributed by atoms with E-state index in [-0.39, 0.29) is 11.9 Å². The molecule has 164 valence electrons. The molecule has 7 nitrogen and oxygen atoms in total. The number of anilines is 3. The Bertz CT molecular complexity index is 1220. The lowest BCUT2D eigenvalue weighted by Crippen LogP contribution is -2.38. The number of rotatable bonds is 8. The maximum Gasteiger partial charge on any atom is 0.163 e. The first kappa shape index (κ1) is 21.4. The van der Waals surface area contributed by atoms with Crippen molar-refractivity contribution in [3.8, 4) is 0 Å². The number of aryl methyl sites for hydroxylation is 1. The van der Waals surface area contributed by atoms with Crippen LogP contribution in [0.15, 0.2) is 30.6 Å². The zero-order valence-electron chi connectivity index (χ0n) is 18.1. The van der Waals surface area contributed by atoms with Crippen LogP contribution in [0.1, 0.15) is 32.9 Å². The van der Waals surface area contributed by atoms with E-state index in [4.69, 9.17) is 11.6 Å². The Morgan fingerprint density at radius 2 is 1.97 bits per heavy atom. The third-order valence-electron chi connectivity index (χ3n) is 5.30. The van der Waals surface area contributed by atoms with Gasteiger partial charge in [-0.1, -0.05) is 18.5 Å². The van der Waals surface area contributed by atoms with Crippen LogP contribution in [-0.2, 0) is 0 Å². The molecular formula is C22H27ClFN7. The van der Waals surface area contributed by atoms with Crippen molar-refractivity contribution in [1.29, 1.82) is 0 Å². The van der Waals surface area contributed by atoms with Gasteiger partial charge in [0, 0.05) is 36.7 Å². The lowest BCUT2D eigenvalue weighted by Gasteiger charge is -2.19. The highest BCUT2D eigenvalue weighted by Gasteiger charge is 2.15. The van der Waals surface area contributed by atoms with Crippen molar-refractivity contribution in [3.05, 3.63) is 47.1 Å². The van der Waals surface area contributed by atoms with Gasteiger partial charge in [0.05, 0.1) is 27.3 Å². The number of fused-ring (bicyclic) bond motifs is 2. The fourth-order valence-corrected chi connectivity index (χ4v) is 3.88. The molecular weight excluding hydrogens is 417 g/mol. The molecule has 9 heteroatoms. The van der Waals surface area contributed by atoms with Crippen LogP contribution in [0.5, 0.6) is 0 Å². The Morgan fingerprint density at radius 3 is 2.74 bits per heavy atom. The van der Waals surface area contributed by atoms with Crippen molar-refractivity contribution in [2.45, 2.75) is 46.2 Å². The number of hydrogen-bond acceptors (Lipinski definition) is 5. The summed E-state index contributed by atoms with van der Waals surface area (Å²) in [6, 6.07) is 5.81. The summed E-state index contributed by atoms with van der Waals surface area (Å²) in [5, 5.41) is 18.0. The summed E-state index contributed by atoms with van der Waals surface area (Å²) in [4.78, 5) is 4.38. The molecule has 3 aromatic heterocycles. The molecule has 4 aromatic rings. The highest BCUT2D eigenvalue weighted by Crippen LogP contribution is 2.30. The molecule has 31 heavy (non-hydrogen) atoms. The average Bonchev–Trinajstić information content (AvgIpc) is 3.29. The number of aromatic nitrogens is 4. The molecule has 0 unspecified atom stereocenters. The molecule has 0 saturated heterocycles. The maximum atomic E-state index is 15.0. The fourth-order valence-electron chi connectivity index (χ4n) is 3.62. The molecule has 0 aliphatic heterocycles. The summed E-state index contributed by atoms with van der Waals surface area (Å²) in [5.41, 5.74) is 3.55. The van der Waals surface area contributed by atoms with Crippen LogP contribution in [-0.4, -0.2) is 38.2 Å². The minimum absolute atomic E-state index is 0.263. The van der Waals surface area contributed by atoms with Crippen molar-refractivity contribution in [2.75, 3.05) is 17.2 Å². The van der Waals surface area contributed by atoms with E-state index in [0.717, 1.165) is 12.1 Å². The molecule has 2 atom stereocenters. The van der Waals surface area contributed by atoms with Crippen molar-refractivity contribution in [2.24, 2.45) is 0 Å². The van der Waals surface area contributed by atoms with Gasteiger partial charge in [0.25, 0.3) is 0 Å². The summed E-state index contributed by atoms with van der Waals surface area (Å²) < 4.78 is 16.8. The zero-order chi connectivity index (χ0) is 22.1. The van der Waals surface area contributed by atoms with E-state index in [9.17, 15) is 4.39 Å². The topological polar surface area (TPSA) is 82.1 Å². The van der Waals surface area contributed by atoms with Gasteiger partial charge < -0.3 is 20.4 Å². The second-order valence-electron chi connectivity index (χ2n) is 8.03. The van der Waals surface area contributed by atoms with Gasteiger partial charge in [-0.15, -0.1) is 0 Å². The Balaban J connectivity index is 1.54. The van der Waals surface area contributed by atoms with Crippen LogP contribution in [0.25, 0.3) is 16.6 Å². The van der Waals surface area contributed by atoms with E-state index in [2.05, 4.69) is 51.9 Å². The Morgan fingerprint density at radius 1 is 1.16 bits per heavy atom. The number of nitrogens with zero attached hydrogens (tertiary/aromatic N) is 3. The van der Waals surface area contributed by atoms with Crippen molar-refractivity contribution < 1.29 is 4.39 Å². The number of imidazole rings is 1. The van der Waals surface area contributed by atoms with Gasteiger partial charge in [0.15, 0.2) is 11.5 Å². The van der Waals surface area contributed by atoms with Crippen LogP contribution in [0, 0.1) is 12.7 Å². The minimum Gasteiger partial charge on any atom is -0.383 e. The maximum absolute atomic E-state index is 15.0. The third-order valence-corrected chi connectivity index (χ3v) is 5.58. The van der Waals surface area contributed by atoms with E-state index < -0.39 is 0 Å². The Labute approximate surface area is 185 Å². The first-order valence-corrected chi connectivity index (χ1v) is 10.8. The number of H-pyrrole nitrogens is 1. The van der Waals surface area contributed by atoms with Crippen LogP contribution < -0.4 is 16.0 Å². The van der Waals surface area contributed by atoms with Gasteiger partial charge in [0.2, 0.25) is 0 Å². The monoisotopic (exact) mass is 443 g/mol. The number of halogens is 2. The highest BCUT2D eigenvalue weighted by atomic mass is 35.5.